The van der Waals surface area contributed by atoms with Gasteiger partial charge in [0.2, 0.25) is 11.9 Å². The third-order valence-electron chi connectivity index (χ3n) is 3.82. The van der Waals surface area contributed by atoms with Crippen molar-refractivity contribution in [2.24, 2.45) is 0 Å². The Morgan fingerprint density at radius 2 is 1.95 bits per heavy atom. The van der Waals surface area contributed by atoms with Crippen LogP contribution in [0, 0.1) is 0 Å². The Morgan fingerprint density at radius 3 is 2.71 bits per heavy atom. The molecule has 0 amide bonds. The molecule has 0 aliphatic carbocycles. The van der Waals surface area contributed by atoms with E-state index in [0.717, 1.165) is 13.0 Å². The Kier molecular flexibility index (Phi) is 3.37. The second-order valence-corrected chi connectivity index (χ2v) is 5.49. The predicted molar refractivity (Wildman–Crippen MR) is 84.5 cm³/mol. The van der Waals surface area contributed by atoms with Crippen molar-refractivity contribution >= 4 is 17.6 Å². The first-order valence-corrected chi connectivity index (χ1v) is 7.09. The van der Waals surface area contributed by atoms with Crippen LogP contribution in [-0.2, 0) is 6.42 Å². The standard InChI is InChI=1S/C15H20N6/c1-10(13-17-14(16)19-15(18-13)20(2)3)21-9-8-11-6-4-5-7-12(11)21/h4-7,10H,8-9H2,1-3H3,(H2,16,17,18,19)/t10-/m0/s1. The van der Waals surface area contributed by atoms with E-state index >= 15 is 0 Å². The Hall–Kier alpha value is -2.37. The lowest BCUT2D eigenvalue weighted by atomic mass is 10.2. The van der Waals surface area contributed by atoms with E-state index in [4.69, 9.17) is 5.73 Å². The third-order valence-corrected chi connectivity index (χ3v) is 3.82. The minimum absolute atomic E-state index is 0.0673. The van der Waals surface area contributed by atoms with E-state index in [1.54, 1.807) is 0 Å². The number of para-hydroxylation sites is 1. The summed E-state index contributed by atoms with van der Waals surface area (Å²) in [5, 5.41) is 0. The van der Waals surface area contributed by atoms with Gasteiger partial charge in [0.25, 0.3) is 0 Å². The van der Waals surface area contributed by atoms with Crippen molar-refractivity contribution in [2.45, 2.75) is 19.4 Å². The lowest BCUT2D eigenvalue weighted by Crippen LogP contribution is -2.27. The molecule has 0 saturated heterocycles. The maximum absolute atomic E-state index is 5.82. The molecule has 0 spiro atoms. The van der Waals surface area contributed by atoms with Crippen molar-refractivity contribution in [1.82, 2.24) is 15.0 Å². The smallest absolute Gasteiger partial charge is 0.229 e. The molecule has 6 heteroatoms. The highest BCUT2D eigenvalue weighted by atomic mass is 15.3. The zero-order valence-corrected chi connectivity index (χ0v) is 12.6. The number of hydrogen-bond acceptors (Lipinski definition) is 6. The van der Waals surface area contributed by atoms with E-state index in [2.05, 4.69) is 51.0 Å². The number of rotatable bonds is 3. The minimum Gasteiger partial charge on any atom is -0.368 e. The van der Waals surface area contributed by atoms with E-state index in [0.29, 0.717) is 11.8 Å². The van der Waals surface area contributed by atoms with Crippen LogP contribution in [0.5, 0.6) is 0 Å². The van der Waals surface area contributed by atoms with Gasteiger partial charge in [-0.15, -0.1) is 0 Å². The van der Waals surface area contributed by atoms with Gasteiger partial charge >= 0.3 is 0 Å². The first-order chi connectivity index (χ1) is 10.1. The number of nitrogens with zero attached hydrogens (tertiary/aromatic N) is 5. The molecule has 0 radical (unpaired) electrons. The number of anilines is 3. The molecule has 6 nitrogen and oxygen atoms in total. The lowest BCUT2D eigenvalue weighted by molar-refractivity contribution is 0.648. The Labute approximate surface area is 124 Å². The molecule has 2 aromatic rings. The summed E-state index contributed by atoms with van der Waals surface area (Å²) in [7, 11) is 3.79. The van der Waals surface area contributed by atoms with Crippen LogP contribution in [0.4, 0.5) is 17.6 Å². The van der Waals surface area contributed by atoms with Gasteiger partial charge in [-0.25, -0.2) is 0 Å². The molecule has 21 heavy (non-hydrogen) atoms. The molecule has 2 heterocycles. The summed E-state index contributed by atoms with van der Waals surface area (Å²) >= 11 is 0. The molecule has 110 valence electrons. The van der Waals surface area contributed by atoms with Crippen molar-refractivity contribution in [2.75, 3.05) is 36.2 Å². The third kappa shape index (κ3) is 2.49. The van der Waals surface area contributed by atoms with Gasteiger partial charge in [-0.2, -0.15) is 15.0 Å². The molecule has 1 atom stereocenters. The fourth-order valence-electron chi connectivity index (χ4n) is 2.69. The summed E-state index contributed by atoms with van der Waals surface area (Å²) < 4.78 is 0. The molecular weight excluding hydrogens is 264 g/mol. The van der Waals surface area contributed by atoms with E-state index in [1.165, 1.54) is 11.3 Å². The molecule has 1 aliphatic rings. The number of nitrogens with two attached hydrogens (primary N) is 1. The van der Waals surface area contributed by atoms with Crippen LogP contribution in [0.1, 0.15) is 24.4 Å². The second-order valence-electron chi connectivity index (χ2n) is 5.49. The fraction of sp³-hybridized carbons (Fsp3) is 0.400. The Morgan fingerprint density at radius 1 is 1.19 bits per heavy atom. The van der Waals surface area contributed by atoms with E-state index in [9.17, 15) is 0 Å². The van der Waals surface area contributed by atoms with Gasteiger partial charge < -0.3 is 15.5 Å². The normalized spacial score (nSPS) is 14.9. The first-order valence-electron chi connectivity index (χ1n) is 7.09. The average Bonchev–Trinajstić information content (AvgIpc) is 2.89. The maximum Gasteiger partial charge on any atom is 0.229 e. The molecule has 0 fully saturated rings. The van der Waals surface area contributed by atoms with E-state index < -0.39 is 0 Å². The highest BCUT2D eigenvalue weighted by molar-refractivity contribution is 5.59. The summed E-state index contributed by atoms with van der Waals surface area (Å²) in [6.07, 6.45) is 1.06. The quantitative estimate of drug-likeness (QED) is 0.924. The SMILES string of the molecule is C[C@@H](c1nc(N)nc(N(C)C)n1)N1CCc2ccccc21. The Balaban J connectivity index is 1.95. The Bertz CT molecular complexity index is 654. The number of fused-ring (bicyclic) bond motifs is 1. The van der Waals surface area contributed by atoms with Gasteiger partial charge in [0, 0.05) is 26.3 Å². The molecular formula is C15H20N6. The summed E-state index contributed by atoms with van der Waals surface area (Å²) in [6.45, 7) is 3.08. The van der Waals surface area contributed by atoms with Gasteiger partial charge in [0.1, 0.15) is 0 Å². The topological polar surface area (TPSA) is 71.2 Å². The van der Waals surface area contributed by atoms with Gasteiger partial charge in [-0.05, 0) is 25.0 Å². The van der Waals surface area contributed by atoms with Crippen molar-refractivity contribution < 1.29 is 0 Å². The fourth-order valence-corrected chi connectivity index (χ4v) is 2.69. The van der Waals surface area contributed by atoms with E-state index in [-0.39, 0.29) is 12.0 Å². The van der Waals surface area contributed by atoms with Crippen LogP contribution < -0.4 is 15.5 Å². The molecule has 1 aromatic carbocycles. The van der Waals surface area contributed by atoms with Gasteiger partial charge in [0.05, 0.1) is 6.04 Å². The first kappa shape index (κ1) is 13.6. The largest absolute Gasteiger partial charge is 0.368 e. The second kappa shape index (κ2) is 5.20. The summed E-state index contributed by atoms with van der Waals surface area (Å²) in [5.74, 6) is 1.57. The average molecular weight is 284 g/mol. The summed E-state index contributed by atoms with van der Waals surface area (Å²) in [5.41, 5.74) is 8.45. The van der Waals surface area contributed by atoms with Crippen molar-refractivity contribution in [3.8, 4) is 0 Å². The summed E-state index contributed by atoms with van der Waals surface area (Å²) in [4.78, 5) is 17.2. The van der Waals surface area contributed by atoms with Crippen LogP contribution in [0.25, 0.3) is 0 Å². The zero-order valence-electron chi connectivity index (χ0n) is 12.6. The number of hydrogen-bond donors (Lipinski definition) is 1. The van der Waals surface area contributed by atoms with Crippen molar-refractivity contribution in [1.29, 1.82) is 0 Å². The minimum atomic E-state index is 0.0673. The zero-order chi connectivity index (χ0) is 15.0. The van der Waals surface area contributed by atoms with Crippen LogP contribution in [-0.4, -0.2) is 35.6 Å². The van der Waals surface area contributed by atoms with Crippen molar-refractivity contribution in [3.63, 3.8) is 0 Å². The lowest BCUT2D eigenvalue weighted by Gasteiger charge is -2.26. The number of aromatic nitrogens is 3. The van der Waals surface area contributed by atoms with Gasteiger partial charge in [0.15, 0.2) is 5.82 Å². The van der Waals surface area contributed by atoms with Crippen LogP contribution in [0.3, 0.4) is 0 Å². The van der Waals surface area contributed by atoms with Crippen LogP contribution in [0.2, 0.25) is 0 Å². The molecule has 2 N–H and O–H groups in total. The number of benzene rings is 1. The van der Waals surface area contributed by atoms with Gasteiger partial charge in [-0.1, -0.05) is 18.2 Å². The van der Waals surface area contributed by atoms with E-state index in [1.807, 2.05) is 19.0 Å². The predicted octanol–water partition coefficient (Wildman–Crippen LogP) is 1.64. The molecule has 0 bridgehead atoms. The number of nitrogen functional groups attached to an aromatic ring is 1. The molecule has 3 rings (SSSR count). The molecule has 0 saturated carbocycles. The highest BCUT2D eigenvalue weighted by Crippen LogP contribution is 2.34. The molecule has 1 aromatic heterocycles. The maximum atomic E-state index is 5.82. The van der Waals surface area contributed by atoms with Gasteiger partial charge in [-0.3, -0.25) is 0 Å². The van der Waals surface area contributed by atoms with Crippen molar-refractivity contribution in [3.05, 3.63) is 35.7 Å². The van der Waals surface area contributed by atoms with Crippen LogP contribution >= 0.6 is 0 Å². The summed E-state index contributed by atoms with van der Waals surface area (Å²) in [6, 6.07) is 8.54. The molecule has 1 aliphatic heterocycles. The molecule has 0 unspecified atom stereocenters. The highest BCUT2D eigenvalue weighted by Gasteiger charge is 2.26. The monoisotopic (exact) mass is 284 g/mol. The van der Waals surface area contributed by atoms with Crippen LogP contribution in [0.15, 0.2) is 24.3 Å².